The van der Waals surface area contributed by atoms with Crippen LogP contribution in [0.1, 0.15) is 49.9 Å². The van der Waals surface area contributed by atoms with E-state index in [1.165, 1.54) is 12.1 Å². The minimum Gasteiger partial charge on any atom is -0.507 e. The first-order valence-corrected chi connectivity index (χ1v) is 6.22. The normalized spacial score (nSPS) is 9.78. The zero-order valence-corrected chi connectivity index (χ0v) is 11.0. The van der Waals surface area contributed by atoms with Gasteiger partial charge in [-0.25, -0.2) is 4.79 Å². The van der Waals surface area contributed by atoms with Crippen LogP contribution < -0.4 is 0 Å². The van der Waals surface area contributed by atoms with Crippen molar-refractivity contribution in [3.8, 4) is 5.75 Å². The molecule has 0 spiro atoms. The van der Waals surface area contributed by atoms with E-state index < -0.39 is 5.97 Å². The number of para-hydroxylation sites is 1. The summed E-state index contributed by atoms with van der Waals surface area (Å²) in [6, 6.07) is 5.81. The molecule has 3 N–H and O–H groups in total. The van der Waals surface area contributed by atoms with Gasteiger partial charge in [-0.3, -0.25) is 0 Å². The average molecular weight is 254 g/mol. The van der Waals surface area contributed by atoms with Gasteiger partial charge in [-0.15, -0.1) is 0 Å². The second-order valence-electron chi connectivity index (χ2n) is 4.05. The van der Waals surface area contributed by atoms with Crippen molar-refractivity contribution in [1.82, 2.24) is 0 Å². The van der Waals surface area contributed by atoms with Gasteiger partial charge in [0.1, 0.15) is 11.3 Å². The van der Waals surface area contributed by atoms with Gasteiger partial charge in [0, 0.05) is 0 Å². The number of rotatable bonds is 5. The lowest BCUT2D eigenvalue weighted by atomic mass is 10.1. The fourth-order valence-corrected chi connectivity index (χ4v) is 1.47. The van der Waals surface area contributed by atoms with E-state index in [0.29, 0.717) is 0 Å². The summed E-state index contributed by atoms with van der Waals surface area (Å²) < 4.78 is 0. The van der Waals surface area contributed by atoms with Gasteiger partial charge in [-0.2, -0.15) is 0 Å². The highest BCUT2D eigenvalue weighted by Crippen LogP contribution is 2.14. The minimum atomic E-state index is -1.11. The molecule has 0 saturated heterocycles. The van der Waals surface area contributed by atoms with E-state index in [1.54, 1.807) is 12.1 Å². The number of carbonyl (C=O) groups is 1. The lowest BCUT2D eigenvalue weighted by Gasteiger charge is -2.04. The Kier molecular flexibility index (Phi) is 8.66. The highest BCUT2D eigenvalue weighted by Gasteiger charge is 2.05. The van der Waals surface area contributed by atoms with Gasteiger partial charge < -0.3 is 15.3 Å². The molecule has 0 radical (unpaired) electrons. The topological polar surface area (TPSA) is 77.8 Å². The molecular weight excluding hydrogens is 232 g/mol. The van der Waals surface area contributed by atoms with Crippen LogP contribution in [0.25, 0.3) is 0 Å². The summed E-state index contributed by atoms with van der Waals surface area (Å²) in [6.07, 6.45) is 4.09. The van der Waals surface area contributed by atoms with Crippen molar-refractivity contribution in [3.63, 3.8) is 0 Å². The van der Waals surface area contributed by atoms with E-state index in [-0.39, 0.29) is 17.4 Å². The summed E-state index contributed by atoms with van der Waals surface area (Å²) in [4.78, 5) is 10.3. The summed E-state index contributed by atoms with van der Waals surface area (Å²) in [7, 11) is 0. The lowest BCUT2D eigenvalue weighted by Crippen LogP contribution is -2.03. The first-order chi connectivity index (χ1) is 8.52. The number of benzene rings is 1. The Bertz CT molecular complexity index is 343. The zero-order valence-electron chi connectivity index (χ0n) is 11.0. The van der Waals surface area contributed by atoms with Gasteiger partial charge in [-0.05, 0) is 25.0 Å². The Hall–Kier alpha value is -1.55. The number of hydrogen-bond donors (Lipinski definition) is 3. The third-order valence-electron chi connectivity index (χ3n) is 2.38. The average Bonchev–Trinajstić information content (AvgIpc) is 2.30. The van der Waals surface area contributed by atoms with Crippen LogP contribution in [0.5, 0.6) is 5.75 Å². The van der Waals surface area contributed by atoms with Crippen LogP contribution in [-0.4, -0.2) is 27.4 Å². The summed E-state index contributed by atoms with van der Waals surface area (Å²) in [6.45, 7) is 4.19. The molecule has 1 rings (SSSR count). The van der Waals surface area contributed by atoms with E-state index in [1.807, 2.05) is 0 Å². The van der Waals surface area contributed by atoms with Crippen molar-refractivity contribution in [2.75, 3.05) is 0 Å². The number of aliphatic hydroxyl groups excluding tert-OH is 1. The van der Waals surface area contributed by atoms with Crippen molar-refractivity contribution in [1.29, 1.82) is 0 Å². The van der Waals surface area contributed by atoms with E-state index in [2.05, 4.69) is 13.8 Å². The largest absolute Gasteiger partial charge is 0.507 e. The Morgan fingerprint density at radius 3 is 2.00 bits per heavy atom. The Morgan fingerprint density at radius 2 is 1.67 bits per heavy atom. The molecule has 0 aliphatic carbocycles. The van der Waals surface area contributed by atoms with Crippen LogP contribution in [0.2, 0.25) is 0 Å². The molecule has 4 nitrogen and oxygen atoms in total. The van der Waals surface area contributed by atoms with Gasteiger partial charge >= 0.3 is 5.97 Å². The maximum atomic E-state index is 10.3. The molecule has 102 valence electrons. The highest BCUT2D eigenvalue weighted by atomic mass is 16.4. The molecule has 0 atom stereocenters. The molecular formula is C14H22O4. The molecule has 0 saturated carbocycles. The fraction of sp³-hybridized carbons (Fsp3) is 0.500. The van der Waals surface area contributed by atoms with Crippen molar-refractivity contribution in [2.45, 2.75) is 45.6 Å². The van der Waals surface area contributed by atoms with Crippen LogP contribution in [0.3, 0.4) is 0 Å². The molecule has 18 heavy (non-hydrogen) atoms. The van der Waals surface area contributed by atoms with Gasteiger partial charge in [-0.1, -0.05) is 38.8 Å². The molecule has 4 heteroatoms. The summed E-state index contributed by atoms with van der Waals surface area (Å²) in [5.41, 5.74) is -0.0671. The van der Waals surface area contributed by atoms with Crippen molar-refractivity contribution in [3.05, 3.63) is 29.8 Å². The number of aromatic hydroxyl groups is 1. The third kappa shape index (κ3) is 6.91. The van der Waals surface area contributed by atoms with E-state index >= 15 is 0 Å². The molecule has 0 unspecified atom stereocenters. The molecule has 1 aromatic rings. The molecule has 0 amide bonds. The van der Waals surface area contributed by atoms with Crippen LogP contribution in [-0.2, 0) is 0 Å². The number of hydrogen-bond acceptors (Lipinski definition) is 3. The van der Waals surface area contributed by atoms with E-state index in [4.69, 9.17) is 15.3 Å². The minimum absolute atomic E-state index is 0.0370. The number of aromatic carboxylic acids is 1. The van der Waals surface area contributed by atoms with Crippen LogP contribution in [0.4, 0.5) is 0 Å². The quantitative estimate of drug-likeness (QED) is 0.754. The maximum Gasteiger partial charge on any atom is 0.339 e. The molecule has 0 aromatic heterocycles. The second kappa shape index (κ2) is 9.48. The number of aliphatic hydroxyl groups is 1. The van der Waals surface area contributed by atoms with Crippen molar-refractivity contribution >= 4 is 5.97 Å². The Balaban J connectivity index is 0.000000331. The summed E-state index contributed by atoms with van der Waals surface area (Å²) >= 11 is 0. The van der Waals surface area contributed by atoms with Gasteiger partial charge in [0.15, 0.2) is 0 Å². The SMILES string of the molecule is CCCC(O)CCC.O=C(O)c1ccccc1O. The van der Waals surface area contributed by atoms with Gasteiger partial charge in [0.25, 0.3) is 0 Å². The molecule has 0 aliphatic heterocycles. The van der Waals surface area contributed by atoms with E-state index in [9.17, 15) is 4.79 Å². The van der Waals surface area contributed by atoms with Crippen molar-refractivity contribution in [2.24, 2.45) is 0 Å². The summed E-state index contributed by atoms with van der Waals surface area (Å²) in [5, 5.41) is 26.4. The van der Waals surface area contributed by atoms with Crippen LogP contribution in [0.15, 0.2) is 24.3 Å². The standard InChI is InChI=1S/C7H6O3.C7H16O/c8-6-4-2-1-3-5(6)7(9)10;1-3-5-7(8)6-4-2/h1-4,8H,(H,9,10);7-8H,3-6H2,1-2H3. The highest BCUT2D eigenvalue weighted by molar-refractivity contribution is 5.90. The molecule has 0 aliphatic rings. The maximum absolute atomic E-state index is 10.3. The van der Waals surface area contributed by atoms with Gasteiger partial charge in [0.2, 0.25) is 0 Å². The molecule has 0 heterocycles. The van der Waals surface area contributed by atoms with Crippen LogP contribution in [0, 0.1) is 0 Å². The van der Waals surface area contributed by atoms with Crippen molar-refractivity contribution < 1.29 is 20.1 Å². The Morgan fingerprint density at radius 1 is 1.17 bits per heavy atom. The first kappa shape index (κ1) is 16.4. The predicted octanol–water partition coefficient (Wildman–Crippen LogP) is 3.04. The molecule has 0 bridgehead atoms. The van der Waals surface area contributed by atoms with Crippen LogP contribution >= 0.6 is 0 Å². The molecule has 0 fully saturated rings. The lowest BCUT2D eigenvalue weighted by molar-refractivity contribution is 0.0693. The Labute approximate surface area is 108 Å². The first-order valence-electron chi connectivity index (χ1n) is 6.22. The predicted molar refractivity (Wildman–Crippen MR) is 70.9 cm³/mol. The molecule has 1 aromatic carbocycles. The second-order valence-corrected chi connectivity index (χ2v) is 4.05. The number of phenols is 1. The zero-order chi connectivity index (χ0) is 14.0. The van der Waals surface area contributed by atoms with E-state index in [0.717, 1.165) is 25.7 Å². The fourth-order valence-electron chi connectivity index (χ4n) is 1.47. The summed E-state index contributed by atoms with van der Waals surface area (Å²) in [5.74, 6) is -1.31. The third-order valence-corrected chi connectivity index (χ3v) is 2.38. The number of carboxylic acid groups (broad SMARTS) is 1. The monoisotopic (exact) mass is 254 g/mol. The van der Waals surface area contributed by atoms with Gasteiger partial charge in [0.05, 0.1) is 6.10 Å². The number of carboxylic acids is 1. The smallest absolute Gasteiger partial charge is 0.339 e.